The minimum atomic E-state index is -0.920. The van der Waals surface area contributed by atoms with Crippen LogP contribution in [0.25, 0.3) is 0 Å². The number of nitrogens with one attached hydrogen (secondary N) is 2. The SMILES string of the molecule is CCOC(=O)CNC(=O)NC(C)(C)CCC(=O)O. The summed E-state index contributed by atoms with van der Waals surface area (Å²) in [5.74, 6) is -1.44. The first-order chi connectivity index (χ1) is 8.26. The van der Waals surface area contributed by atoms with Crippen LogP contribution in [0, 0.1) is 0 Å². The molecular weight excluding hydrogens is 240 g/mol. The molecule has 0 aliphatic rings. The van der Waals surface area contributed by atoms with Crippen LogP contribution in [0.2, 0.25) is 0 Å². The van der Waals surface area contributed by atoms with Crippen LogP contribution in [0.3, 0.4) is 0 Å². The van der Waals surface area contributed by atoms with E-state index < -0.39 is 23.5 Å². The quantitative estimate of drug-likeness (QED) is 0.578. The van der Waals surface area contributed by atoms with Crippen LogP contribution < -0.4 is 10.6 Å². The molecule has 0 aliphatic heterocycles. The lowest BCUT2D eigenvalue weighted by Crippen LogP contribution is -2.49. The van der Waals surface area contributed by atoms with Crippen LogP contribution in [-0.4, -0.2) is 41.8 Å². The van der Waals surface area contributed by atoms with Gasteiger partial charge in [-0.15, -0.1) is 0 Å². The first-order valence-corrected chi connectivity index (χ1v) is 5.70. The fourth-order valence-electron chi connectivity index (χ4n) is 1.20. The summed E-state index contributed by atoms with van der Waals surface area (Å²) < 4.78 is 4.64. The van der Waals surface area contributed by atoms with Crippen LogP contribution >= 0.6 is 0 Å². The molecule has 0 saturated heterocycles. The second-order valence-electron chi connectivity index (χ2n) is 4.39. The normalized spacial score (nSPS) is 10.6. The number of carboxylic acids is 1. The minimum absolute atomic E-state index is 0.0366. The number of carboxylic acid groups (broad SMARTS) is 1. The molecule has 7 nitrogen and oxygen atoms in total. The minimum Gasteiger partial charge on any atom is -0.481 e. The zero-order valence-electron chi connectivity index (χ0n) is 10.9. The van der Waals surface area contributed by atoms with Crippen LogP contribution in [0.4, 0.5) is 4.79 Å². The molecule has 0 saturated carbocycles. The summed E-state index contributed by atoms with van der Waals surface area (Å²) in [6, 6.07) is -0.529. The zero-order valence-corrected chi connectivity index (χ0v) is 10.9. The predicted molar refractivity (Wildman–Crippen MR) is 64.1 cm³/mol. The number of carbonyl (C=O) groups is 3. The Labute approximate surface area is 106 Å². The van der Waals surface area contributed by atoms with E-state index in [9.17, 15) is 14.4 Å². The molecule has 0 aliphatic carbocycles. The van der Waals surface area contributed by atoms with E-state index in [4.69, 9.17) is 5.11 Å². The van der Waals surface area contributed by atoms with Crippen LogP contribution in [-0.2, 0) is 14.3 Å². The van der Waals surface area contributed by atoms with Crippen molar-refractivity contribution >= 4 is 18.0 Å². The van der Waals surface area contributed by atoms with Crippen molar-refractivity contribution in [2.75, 3.05) is 13.2 Å². The smallest absolute Gasteiger partial charge is 0.325 e. The highest BCUT2D eigenvalue weighted by molar-refractivity contribution is 5.81. The van der Waals surface area contributed by atoms with E-state index in [-0.39, 0.29) is 19.6 Å². The van der Waals surface area contributed by atoms with E-state index in [0.29, 0.717) is 6.42 Å². The Morgan fingerprint density at radius 3 is 2.39 bits per heavy atom. The lowest BCUT2D eigenvalue weighted by molar-refractivity contribution is -0.141. The Bertz CT molecular complexity index is 315. The molecule has 0 fully saturated rings. The van der Waals surface area contributed by atoms with Crippen LogP contribution in [0.15, 0.2) is 0 Å². The largest absolute Gasteiger partial charge is 0.481 e. The summed E-state index contributed by atoms with van der Waals surface area (Å²) in [6.07, 6.45) is 0.264. The maximum atomic E-state index is 11.4. The lowest BCUT2D eigenvalue weighted by atomic mass is 9.99. The molecule has 104 valence electrons. The Morgan fingerprint density at radius 2 is 1.89 bits per heavy atom. The van der Waals surface area contributed by atoms with Gasteiger partial charge in [-0.3, -0.25) is 9.59 Å². The van der Waals surface area contributed by atoms with Gasteiger partial charge in [0.1, 0.15) is 6.54 Å². The summed E-state index contributed by atoms with van der Waals surface area (Å²) in [4.78, 5) is 32.8. The number of hydrogen-bond donors (Lipinski definition) is 3. The average Bonchev–Trinajstić information content (AvgIpc) is 2.24. The highest BCUT2D eigenvalue weighted by Gasteiger charge is 2.21. The van der Waals surface area contributed by atoms with Crippen LogP contribution in [0.5, 0.6) is 0 Å². The third kappa shape index (κ3) is 8.37. The van der Waals surface area contributed by atoms with Crippen molar-refractivity contribution in [1.82, 2.24) is 10.6 Å². The molecule has 0 aromatic heterocycles. The number of esters is 1. The number of rotatable bonds is 7. The van der Waals surface area contributed by atoms with Crippen molar-refractivity contribution in [3.8, 4) is 0 Å². The second kappa shape index (κ2) is 7.52. The third-order valence-electron chi connectivity index (χ3n) is 2.11. The molecule has 0 aromatic carbocycles. The van der Waals surface area contributed by atoms with E-state index >= 15 is 0 Å². The number of carbonyl (C=O) groups excluding carboxylic acids is 2. The van der Waals surface area contributed by atoms with Gasteiger partial charge in [0, 0.05) is 12.0 Å². The van der Waals surface area contributed by atoms with E-state index in [0.717, 1.165) is 0 Å². The van der Waals surface area contributed by atoms with Crippen LogP contribution in [0.1, 0.15) is 33.6 Å². The van der Waals surface area contributed by atoms with Gasteiger partial charge in [0.2, 0.25) is 0 Å². The number of ether oxygens (including phenoxy) is 1. The van der Waals surface area contributed by atoms with Gasteiger partial charge in [-0.05, 0) is 27.2 Å². The molecule has 0 rings (SSSR count). The van der Waals surface area contributed by atoms with Gasteiger partial charge in [0.15, 0.2) is 0 Å². The molecule has 0 heterocycles. The van der Waals surface area contributed by atoms with Crippen molar-refractivity contribution < 1.29 is 24.2 Å². The highest BCUT2D eigenvalue weighted by Crippen LogP contribution is 2.10. The van der Waals surface area contributed by atoms with E-state index in [1.807, 2.05) is 0 Å². The zero-order chi connectivity index (χ0) is 14.2. The first kappa shape index (κ1) is 16.2. The fraction of sp³-hybridized carbons (Fsp3) is 0.727. The molecule has 0 aromatic rings. The molecule has 0 bridgehead atoms. The fourth-order valence-corrected chi connectivity index (χ4v) is 1.20. The Kier molecular flexibility index (Phi) is 6.77. The Hall–Kier alpha value is -1.79. The van der Waals surface area contributed by atoms with Crippen molar-refractivity contribution in [3.05, 3.63) is 0 Å². The van der Waals surface area contributed by atoms with Gasteiger partial charge in [0.05, 0.1) is 6.61 Å². The van der Waals surface area contributed by atoms with Crippen molar-refractivity contribution in [1.29, 1.82) is 0 Å². The first-order valence-electron chi connectivity index (χ1n) is 5.70. The molecule has 0 spiro atoms. The number of urea groups is 1. The van der Waals surface area contributed by atoms with E-state index in [1.165, 1.54) is 0 Å². The maximum absolute atomic E-state index is 11.4. The number of amides is 2. The molecule has 2 amide bonds. The van der Waals surface area contributed by atoms with Gasteiger partial charge in [-0.1, -0.05) is 0 Å². The van der Waals surface area contributed by atoms with E-state index in [1.54, 1.807) is 20.8 Å². The number of aliphatic carboxylic acids is 1. The monoisotopic (exact) mass is 260 g/mol. The van der Waals surface area contributed by atoms with Crippen molar-refractivity contribution in [3.63, 3.8) is 0 Å². The molecule has 18 heavy (non-hydrogen) atoms. The molecule has 0 atom stereocenters. The summed E-state index contributed by atoms with van der Waals surface area (Å²) >= 11 is 0. The second-order valence-corrected chi connectivity index (χ2v) is 4.39. The summed E-state index contributed by atoms with van der Waals surface area (Å²) in [6.45, 7) is 5.13. The summed E-state index contributed by atoms with van der Waals surface area (Å²) in [5, 5.41) is 13.5. The van der Waals surface area contributed by atoms with Gasteiger partial charge >= 0.3 is 18.0 Å². The Morgan fingerprint density at radius 1 is 1.28 bits per heavy atom. The predicted octanol–water partition coefficient (Wildman–Crippen LogP) is 0.492. The molecule has 7 heteroatoms. The maximum Gasteiger partial charge on any atom is 0.325 e. The van der Waals surface area contributed by atoms with Gasteiger partial charge in [-0.25, -0.2) is 4.79 Å². The van der Waals surface area contributed by atoms with Gasteiger partial charge in [-0.2, -0.15) is 0 Å². The Balaban J connectivity index is 3.98. The number of hydrogen-bond acceptors (Lipinski definition) is 4. The third-order valence-corrected chi connectivity index (χ3v) is 2.11. The van der Waals surface area contributed by atoms with Gasteiger partial charge < -0.3 is 20.5 Å². The molecule has 0 radical (unpaired) electrons. The lowest BCUT2D eigenvalue weighted by Gasteiger charge is -2.25. The average molecular weight is 260 g/mol. The van der Waals surface area contributed by atoms with E-state index in [2.05, 4.69) is 15.4 Å². The van der Waals surface area contributed by atoms with Crippen molar-refractivity contribution in [2.45, 2.75) is 39.2 Å². The summed E-state index contributed by atoms with van der Waals surface area (Å²) in [7, 11) is 0. The highest BCUT2D eigenvalue weighted by atomic mass is 16.5. The van der Waals surface area contributed by atoms with Gasteiger partial charge in [0.25, 0.3) is 0 Å². The molecule has 3 N–H and O–H groups in total. The standard InChI is InChI=1S/C11H20N2O5/c1-4-18-9(16)7-12-10(17)13-11(2,3)6-5-8(14)15/h4-7H2,1-3H3,(H,14,15)(H2,12,13,17). The molecular formula is C11H20N2O5. The van der Waals surface area contributed by atoms with Crippen molar-refractivity contribution in [2.24, 2.45) is 0 Å². The summed E-state index contributed by atoms with van der Waals surface area (Å²) in [5.41, 5.74) is -0.656. The molecule has 0 unspecified atom stereocenters. The topological polar surface area (TPSA) is 105 Å².